The van der Waals surface area contributed by atoms with Gasteiger partial charge in [0.15, 0.2) is 0 Å². The second-order valence-corrected chi connectivity index (χ2v) is 3.20. The van der Waals surface area contributed by atoms with E-state index in [0.29, 0.717) is 5.69 Å². The number of halogens is 1. The van der Waals surface area contributed by atoms with E-state index in [1.165, 1.54) is 24.3 Å². The molecule has 1 aromatic carbocycles. The number of amides is 1. The fourth-order valence-electron chi connectivity index (χ4n) is 1.05. The number of rotatable bonds is 4. The van der Waals surface area contributed by atoms with Crippen LogP contribution in [0.15, 0.2) is 24.3 Å². The number of carbonyl (C=O) groups excluding carboxylic acids is 1. The monoisotopic (exact) mass is 226 g/mol. The number of carboxylic acid groups (broad SMARTS) is 1. The Balaban J connectivity index is 2.57. The van der Waals surface area contributed by atoms with E-state index in [4.69, 9.17) is 10.8 Å². The first-order chi connectivity index (χ1) is 7.49. The summed E-state index contributed by atoms with van der Waals surface area (Å²) in [5.74, 6) is -2.19. The molecule has 0 heterocycles. The van der Waals surface area contributed by atoms with Crippen molar-refractivity contribution in [3.8, 4) is 0 Å². The van der Waals surface area contributed by atoms with E-state index in [-0.39, 0.29) is 0 Å². The summed E-state index contributed by atoms with van der Waals surface area (Å²) in [5.41, 5.74) is 5.70. The zero-order valence-electron chi connectivity index (χ0n) is 8.31. The van der Waals surface area contributed by atoms with Crippen molar-refractivity contribution in [1.29, 1.82) is 0 Å². The van der Waals surface area contributed by atoms with Crippen LogP contribution < -0.4 is 11.1 Å². The third kappa shape index (κ3) is 3.66. The van der Waals surface area contributed by atoms with Gasteiger partial charge in [-0.15, -0.1) is 0 Å². The fraction of sp³-hybridized carbons (Fsp3) is 0.200. The minimum atomic E-state index is -1.15. The van der Waals surface area contributed by atoms with E-state index in [1.54, 1.807) is 0 Å². The van der Waals surface area contributed by atoms with Crippen molar-refractivity contribution < 1.29 is 19.1 Å². The van der Waals surface area contributed by atoms with Crippen molar-refractivity contribution in [3.63, 3.8) is 0 Å². The van der Waals surface area contributed by atoms with Gasteiger partial charge in [-0.25, -0.2) is 4.39 Å². The number of nitrogens with two attached hydrogens (primary N) is 1. The second-order valence-electron chi connectivity index (χ2n) is 3.20. The van der Waals surface area contributed by atoms with E-state index in [0.717, 1.165) is 0 Å². The molecule has 1 rings (SSSR count). The molecule has 1 amide bonds. The largest absolute Gasteiger partial charge is 0.481 e. The summed E-state index contributed by atoms with van der Waals surface area (Å²) in [4.78, 5) is 21.6. The van der Waals surface area contributed by atoms with Crippen molar-refractivity contribution in [1.82, 2.24) is 0 Å². The maximum absolute atomic E-state index is 12.5. The van der Waals surface area contributed by atoms with Crippen LogP contribution in [0.25, 0.3) is 0 Å². The Morgan fingerprint density at radius 2 is 1.94 bits per heavy atom. The van der Waals surface area contributed by atoms with Gasteiger partial charge in [-0.05, 0) is 24.3 Å². The van der Waals surface area contributed by atoms with Gasteiger partial charge in [-0.2, -0.15) is 0 Å². The molecule has 0 aliphatic rings. The van der Waals surface area contributed by atoms with E-state index in [1.807, 2.05) is 0 Å². The van der Waals surface area contributed by atoms with Crippen molar-refractivity contribution in [2.45, 2.75) is 12.5 Å². The highest BCUT2D eigenvalue weighted by molar-refractivity contribution is 5.96. The molecule has 4 N–H and O–H groups in total. The molecule has 0 fully saturated rings. The Labute approximate surface area is 91.1 Å². The average molecular weight is 226 g/mol. The number of carboxylic acids is 1. The molecule has 0 saturated heterocycles. The lowest BCUT2D eigenvalue weighted by molar-refractivity contribution is -0.138. The first-order valence-electron chi connectivity index (χ1n) is 4.53. The Morgan fingerprint density at radius 1 is 1.38 bits per heavy atom. The Bertz CT molecular complexity index is 392. The normalized spacial score (nSPS) is 11.9. The summed E-state index contributed by atoms with van der Waals surface area (Å²) in [6, 6.07) is 3.96. The molecule has 0 saturated carbocycles. The molecule has 6 heteroatoms. The lowest BCUT2D eigenvalue weighted by atomic mass is 10.2. The minimum absolute atomic E-state index is 0.368. The van der Waals surface area contributed by atoms with Crippen LogP contribution in [0.3, 0.4) is 0 Å². The molecule has 1 aromatic rings. The van der Waals surface area contributed by atoms with Crippen LogP contribution in [0, 0.1) is 5.82 Å². The van der Waals surface area contributed by atoms with E-state index >= 15 is 0 Å². The summed E-state index contributed by atoms with van der Waals surface area (Å²) >= 11 is 0. The molecular weight excluding hydrogens is 215 g/mol. The number of aliphatic carboxylic acids is 1. The Kier molecular flexibility index (Phi) is 3.96. The quantitative estimate of drug-likeness (QED) is 0.699. The first kappa shape index (κ1) is 12.1. The molecule has 0 aromatic heterocycles. The van der Waals surface area contributed by atoms with Gasteiger partial charge in [0, 0.05) is 5.69 Å². The SMILES string of the molecule is NC(CC(=O)O)C(=O)Nc1ccc(F)cc1. The summed E-state index contributed by atoms with van der Waals surface area (Å²) in [7, 11) is 0. The van der Waals surface area contributed by atoms with Crippen LogP contribution in [-0.4, -0.2) is 23.0 Å². The van der Waals surface area contributed by atoms with Gasteiger partial charge in [-0.3, -0.25) is 9.59 Å². The number of nitrogens with one attached hydrogen (secondary N) is 1. The van der Waals surface area contributed by atoms with Gasteiger partial charge >= 0.3 is 5.97 Å². The summed E-state index contributed by atoms with van der Waals surface area (Å²) in [6.45, 7) is 0. The van der Waals surface area contributed by atoms with Crippen LogP contribution in [-0.2, 0) is 9.59 Å². The van der Waals surface area contributed by atoms with Crippen LogP contribution in [0.1, 0.15) is 6.42 Å². The van der Waals surface area contributed by atoms with Crippen LogP contribution in [0.5, 0.6) is 0 Å². The molecule has 5 nitrogen and oxygen atoms in total. The summed E-state index contributed by atoms with van der Waals surface area (Å²) in [6.07, 6.45) is -0.451. The van der Waals surface area contributed by atoms with Crippen LogP contribution >= 0.6 is 0 Å². The second kappa shape index (κ2) is 5.22. The molecule has 16 heavy (non-hydrogen) atoms. The first-order valence-corrected chi connectivity index (χ1v) is 4.53. The lowest BCUT2D eigenvalue weighted by Crippen LogP contribution is -2.37. The molecular formula is C10H11FN2O3. The molecule has 0 radical (unpaired) electrons. The molecule has 0 spiro atoms. The molecule has 0 aliphatic heterocycles. The van der Waals surface area contributed by atoms with E-state index < -0.39 is 30.2 Å². The third-order valence-corrected chi connectivity index (χ3v) is 1.84. The zero-order valence-corrected chi connectivity index (χ0v) is 8.31. The molecule has 86 valence electrons. The highest BCUT2D eigenvalue weighted by Crippen LogP contribution is 2.08. The van der Waals surface area contributed by atoms with Gasteiger partial charge in [0.1, 0.15) is 5.82 Å². The molecule has 1 atom stereocenters. The topological polar surface area (TPSA) is 92.4 Å². The number of anilines is 1. The number of hydrogen-bond donors (Lipinski definition) is 3. The van der Waals surface area contributed by atoms with Crippen LogP contribution in [0.4, 0.5) is 10.1 Å². The van der Waals surface area contributed by atoms with E-state index in [2.05, 4.69) is 5.32 Å². The van der Waals surface area contributed by atoms with Gasteiger partial charge in [0.2, 0.25) is 5.91 Å². The summed E-state index contributed by atoms with van der Waals surface area (Å²) in [5, 5.41) is 10.8. The maximum Gasteiger partial charge on any atom is 0.305 e. The van der Waals surface area contributed by atoms with Crippen LogP contribution in [0.2, 0.25) is 0 Å². The maximum atomic E-state index is 12.5. The van der Waals surface area contributed by atoms with Crippen molar-refractivity contribution in [2.24, 2.45) is 5.73 Å². The highest BCUT2D eigenvalue weighted by atomic mass is 19.1. The Morgan fingerprint density at radius 3 is 2.44 bits per heavy atom. The smallest absolute Gasteiger partial charge is 0.305 e. The summed E-state index contributed by atoms with van der Waals surface area (Å²) < 4.78 is 12.5. The zero-order chi connectivity index (χ0) is 12.1. The van der Waals surface area contributed by atoms with Crippen molar-refractivity contribution >= 4 is 17.6 Å². The molecule has 0 bridgehead atoms. The third-order valence-electron chi connectivity index (χ3n) is 1.84. The minimum Gasteiger partial charge on any atom is -0.481 e. The van der Waals surface area contributed by atoms with Crippen molar-refractivity contribution in [2.75, 3.05) is 5.32 Å². The Hall–Kier alpha value is -1.95. The number of carbonyl (C=O) groups is 2. The standard InChI is InChI=1S/C10H11FN2O3/c11-6-1-3-7(4-2-6)13-10(16)8(12)5-9(14)15/h1-4,8H,5,12H2,(H,13,16)(H,14,15). The molecule has 1 unspecified atom stereocenters. The van der Waals surface area contributed by atoms with Crippen molar-refractivity contribution in [3.05, 3.63) is 30.1 Å². The van der Waals surface area contributed by atoms with Gasteiger partial charge in [-0.1, -0.05) is 0 Å². The fourth-order valence-corrected chi connectivity index (χ4v) is 1.05. The van der Waals surface area contributed by atoms with Gasteiger partial charge in [0.25, 0.3) is 0 Å². The van der Waals surface area contributed by atoms with Gasteiger partial charge < -0.3 is 16.2 Å². The van der Waals surface area contributed by atoms with E-state index in [9.17, 15) is 14.0 Å². The lowest BCUT2D eigenvalue weighted by Gasteiger charge is -2.09. The number of hydrogen-bond acceptors (Lipinski definition) is 3. The highest BCUT2D eigenvalue weighted by Gasteiger charge is 2.16. The average Bonchev–Trinajstić information content (AvgIpc) is 2.20. The predicted octanol–water partition coefficient (Wildman–Crippen LogP) is 0.566. The van der Waals surface area contributed by atoms with Gasteiger partial charge in [0.05, 0.1) is 12.5 Å². The molecule has 0 aliphatic carbocycles. The predicted molar refractivity (Wildman–Crippen MR) is 55.3 cm³/mol. The number of benzene rings is 1.